The summed E-state index contributed by atoms with van der Waals surface area (Å²) in [5, 5.41) is 5.26. The van der Waals surface area contributed by atoms with Gasteiger partial charge in [-0.1, -0.05) is 6.07 Å². The second-order valence-electron chi connectivity index (χ2n) is 2.42. The molecule has 11 heavy (non-hydrogen) atoms. The minimum Gasteiger partial charge on any atom is -0.287 e. The van der Waals surface area contributed by atoms with Gasteiger partial charge in [0, 0.05) is 0 Å². The highest BCUT2D eigenvalue weighted by molar-refractivity contribution is 5.92. The van der Waals surface area contributed by atoms with Crippen LogP contribution >= 0.6 is 0 Å². The molecule has 0 aromatic heterocycles. The third-order valence-electron chi connectivity index (χ3n) is 1.51. The zero-order valence-electron chi connectivity index (χ0n) is 6.26. The summed E-state index contributed by atoms with van der Waals surface area (Å²) in [6.07, 6.45) is 0. The second-order valence-corrected chi connectivity index (χ2v) is 2.42. The molecular weight excluding hydrogens is 143 g/mol. The predicted octanol–water partition coefficient (Wildman–Crippen LogP) is -0.401. The summed E-state index contributed by atoms with van der Waals surface area (Å²) in [6.45, 7) is 1.69. The molecule has 0 amide bonds. The van der Waals surface area contributed by atoms with Crippen molar-refractivity contribution >= 4 is 5.84 Å². The van der Waals surface area contributed by atoms with E-state index in [0.717, 1.165) is 0 Å². The summed E-state index contributed by atoms with van der Waals surface area (Å²) in [4.78, 5) is 0. The third kappa shape index (κ3) is 1.55. The Hall–Kier alpha value is -1.38. The standard InChI is InChI=1S/C8H9FN2/c1-5-2-3-6(8(10)11)4-7(5)9/h2-4H,1H3,(H3,10,11)/p+1. The number of rotatable bonds is 1. The summed E-state index contributed by atoms with van der Waals surface area (Å²) < 4.78 is 12.8. The quantitative estimate of drug-likeness (QED) is 0.418. The maximum Gasteiger partial charge on any atom is 0.270 e. The highest BCUT2D eigenvalue weighted by Gasteiger charge is 2.03. The molecule has 3 heteroatoms. The fourth-order valence-electron chi connectivity index (χ4n) is 0.772. The molecule has 1 aromatic rings. The average Bonchev–Trinajstić information content (AvgIpc) is 1.94. The van der Waals surface area contributed by atoms with Crippen molar-refractivity contribution in [3.8, 4) is 0 Å². The SMILES string of the molecule is Cc1ccc(C(N)=[NH2+])cc1F. The summed E-state index contributed by atoms with van der Waals surface area (Å²) in [6, 6.07) is 4.66. The Morgan fingerprint density at radius 1 is 1.55 bits per heavy atom. The van der Waals surface area contributed by atoms with Gasteiger partial charge in [-0.05, 0) is 24.6 Å². The van der Waals surface area contributed by atoms with Crippen LogP contribution < -0.4 is 11.1 Å². The molecule has 0 aliphatic heterocycles. The monoisotopic (exact) mass is 153 g/mol. The van der Waals surface area contributed by atoms with Crippen LogP contribution in [0.5, 0.6) is 0 Å². The molecule has 1 aromatic carbocycles. The van der Waals surface area contributed by atoms with E-state index >= 15 is 0 Å². The molecule has 0 aliphatic rings. The van der Waals surface area contributed by atoms with Crippen molar-refractivity contribution in [1.82, 2.24) is 0 Å². The Morgan fingerprint density at radius 2 is 2.18 bits per heavy atom. The van der Waals surface area contributed by atoms with Crippen LogP contribution in [0.2, 0.25) is 0 Å². The first kappa shape index (κ1) is 7.72. The lowest BCUT2D eigenvalue weighted by Gasteiger charge is -1.96. The summed E-state index contributed by atoms with van der Waals surface area (Å²) in [5.74, 6) is -0.139. The zero-order valence-corrected chi connectivity index (χ0v) is 6.26. The Balaban J connectivity index is 3.15. The van der Waals surface area contributed by atoms with Gasteiger partial charge in [0.1, 0.15) is 5.82 Å². The van der Waals surface area contributed by atoms with Crippen LogP contribution in [-0.4, -0.2) is 5.84 Å². The van der Waals surface area contributed by atoms with Gasteiger partial charge in [0.25, 0.3) is 5.84 Å². The summed E-state index contributed by atoms with van der Waals surface area (Å²) in [5.41, 5.74) is 6.39. The molecule has 0 spiro atoms. The van der Waals surface area contributed by atoms with Crippen molar-refractivity contribution in [1.29, 1.82) is 0 Å². The summed E-state index contributed by atoms with van der Waals surface area (Å²) >= 11 is 0. The third-order valence-corrected chi connectivity index (χ3v) is 1.51. The average molecular weight is 153 g/mol. The van der Waals surface area contributed by atoms with Crippen LogP contribution in [0.3, 0.4) is 0 Å². The van der Waals surface area contributed by atoms with Gasteiger partial charge < -0.3 is 0 Å². The molecule has 0 atom stereocenters. The first-order valence-electron chi connectivity index (χ1n) is 3.25. The molecule has 2 nitrogen and oxygen atoms in total. The van der Waals surface area contributed by atoms with Crippen LogP contribution in [0.1, 0.15) is 11.1 Å². The largest absolute Gasteiger partial charge is 0.287 e. The Kier molecular flexibility index (Phi) is 1.89. The van der Waals surface area contributed by atoms with Gasteiger partial charge in [-0.3, -0.25) is 11.1 Å². The maximum absolute atomic E-state index is 12.8. The van der Waals surface area contributed by atoms with Crippen LogP contribution in [-0.2, 0) is 0 Å². The highest BCUT2D eigenvalue weighted by Crippen LogP contribution is 2.07. The van der Waals surface area contributed by atoms with Crippen molar-refractivity contribution in [2.75, 3.05) is 0 Å². The van der Waals surface area contributed by atoms with Crippen molar-refractivity contribution in [2.45, 2.75) is 6.92 Å². The lowest BCUT2D eigenvalue weighted by molar-refractivity contribution is -0.114. The van der Waals surface area contributed by atoms with Gasteiger partial charge in [0.2, 0.25) is 0 Å². The van der Waals surface area contributed by atoms with Gasteiger partial charge in [0.15, 0.2) is 0 Å². The minimum atomic E-state index is -0.282. The molecule has 0 radical (unpaired) electrons. The van der Waals surface area contributed by atoms with Gasteiger partial charge >= 0.3 is 0 Å². The van der Waals surface area contributed by atoms with E-state index in [4.69, 9.17) is 11.1 Å². The minimum absolute atomic E-state index is 0.143. The Morgan fingerprint density at radius 3 is 2.64 bits per heavy atom. The molecule has 0 unspecified atom stereocenters. The van der Waals surface area contributed by atoms with Gasteiger partial charge in [-0.15, -0.1) is 0 Å². The van der Waals surface area contributed by atoms with Crippen molar-refractivity contribution < 1.29 is 9.80 Å². The molecule has 0 heterocycles. The molecule has 4 N–H and O–H groups in total. The van der Waals surface area contributed by atoms with Crippen molar-refractivity contribution in [3.05, 3.63) is 35.1 Å². The number of hydrogen-bond acceptors (Lipinski definition) is 0. The van der Waals surface area contributed by atoms with E-state index in [9.17, 15) is 4.39 Å². The van der Waals surface area contributed by atoms with E-state index in [1.165, 1.54) is 6.07 Å². The molecule has 0 aliphatic carbocycles. The zero-order chi connectivity index (χ0) is 8.43. The summed E-state index contributed by atoms with van der Waals surface area (Å²) in [7, 11) is 0. The molecule has 1 rings (SSSR count). The number of halogens is 1. The van der Waals surface area contributed by atoms with Gasteiger partial charge in [0.05, 0.1) is 5.56 Å². The fourth-order valence-corrected chi connectivity index (χ4v) is 0.772. The first-order valence-corrected chi connectivity index (χ1v) is 3.25. The van der Waals surface area contributed by atoms with E-state index in [0.29, 0.717) is 11.1 Å². The molecular formula is C8H10FN2+. The van der Waals surface area contributed by atoms with Crippen LogP contribution in [0.25, 0.3) is 0 Å². The molecule has 0 bridgehead atoms. The van der Waals surface area contributed by atoms with E-state index in [-0.39, 0.29) is 11.7 Å². The first-order chi connectivity index (χ1) is 5.11. The Labute approximate surface area is 64.4 Å². The second kappa shape index (κ2) is 2.70. The smallest absolute Gasteiger partial charge is 0.270 e. The number of amidine groups is 1. The van der Waals surface area contributed by atoms with Crippen LogP contribution in [0, 0.1) is 12.7 Å². The van der Waals surface area contributed by atoms with E-state index in [2.05, 4.69) is 0 Å². The van der Waals surface area contributed by atoms with Gasteiger partial charge in [-0.2, -0.15) is 0 Å². The van der Waals surface area contributed by atoms with Crippen LogP contribution in [0.15, 0.2) is 18.2 Å². The molecule has 0 fully saturated rings. The fraction of sp³-hybridized carbons (Fsp3) is 0.125. The maximum atomic E-state index is 12.8. The number of aryl methyl sites for hydroxylation is 1. The lowest BCUT2D eigenvalue weighted by atomic mass is 10.1. The lowest BCUT2D eigenvalue weighted by Crippen LogP contribution is -2.46. The molecule has 58 valence electrons. The predicted molar refractivity (Wildman–Crippen MR) is 41.4 cm³/mol. The normalized spacial score (nSPS) is 9.64. The van der Waals surface area contributed by atoms with Crippen molar-refractivity contribution in [3.63, 3.8) is 0 Å². The topological polar surface area (TPSA) is 51.6 Å². The van der Waals surface area contributed by atoms with Gasteiger partial charge in [-0.25, -0.2) is 4.39 Å². The Bertz CT molecular complexity index is 294. The van der Waals surface area contributed by atoms with E-state index < -0.39 is 0 Å². The highest BCUT2D eigenvalue weighted by atomic mass is 19.1. The number of hydrogen-bond donors (Lipinski definition) is 2. The molecule has 0 saturated heterocycles. The number of nitrogens with two attached hydrogens (primary N) is 2. The number of benzene rings is 1. The van der Waals surface area contributed by atoms with Crippen LogP contribution in [0.4, 0.5) is 4.39 Å². The van der Waals surface area contributed by atoms with E-state index in [1.807, 2.05) is 0 Å². The molecule has 0 saturated carbocycles. The van der Waals surface area contributed by atoms with E-state index in [1.54, 1.807) is 19.1 Å². The van der Waals surface area contributed by atoms with Crippen molar-refractivity contribution in [2.24, 2.45) is 5.73 Å².